The Balaban J connectivity index is 2.06. The highest BCUT2D eigenvalue weighted by Gasteiger charge is 2.28. The zero-order chi connectivity index (χ0) is 14.0. The van der Waals surface area contributed by atoms with Gasteiger partial charge in [-0.15, -0.1) is 0 Å². The summed E-state index contributed by atoms with van der Waals surface area (Å²) in [5.74, 6) is 1.02. The molecule has 1 saturated heterocycles. The third kappa shape index (κ3) is 3.15. The van der Waals surface area contributed by atoms with E-state index in [2.05, 4.69) is 5.16 Å². The van der Waals surface area contributed by atoms with E-state index in [1.54, 1.807) is 17.9 Å². The SMILES string of the molecule is CC(C)c1cc(C(=O)N2CCCC(C(C)O)C2)no1. The summed E-state index contributed by atoms with van der Waals surface area (Å²) < 4.78 is 5.17. The first kappa shape index (κ1) is 14.1. The molecule has 106 valence electrons. The zero-order valence-corrected chi connectivity index (χ0v) is 11.8. The van der Waals surface area contributed by atoms with Crippen LogP contribution in [0.1, 0.15) is 55.8 Å². The number of aromatic nitrogens is 1. The van der Waals surface area contributed by atoms with Crippen molar-refractivity contribution in [2.24, 2.45) is 5.92 Å². The van der Waals surface area contributed by atoms with Crippen LogP contribution < -0.4 is 0 Å². The molecule has 5 heteroatoms. The summed E-state index contributed by atoms with van der Waals surface area (Å²) in [6.45, 7) is 7.11. The predicted molar refractivity (Wildman–Crippen MR) is 70.9 cm³/mol. The van der Waals surface area contributed by atoms with E-state index >= 15 is 0 Å². The van der Waals surface area contributed by atoms with Gasteiger partial charge in [-0.2, -0.15) is 0 Å². The van der Waals surface area contributed by atoms with Gasteiger partial charge < -0.3 is 14.5 Å². The van der Waals surface area contributed by atoms with Crippen LogP contribution in [0, 0.1) is 5.92 Å². The van der Waals surface area contributed by atoms with E-state index in [9.17, 15) is 9.90 Å². The van der Waals surface area contributed by atoms with Crippen molar-refractivity contribution < 1.29 is 14.4 Å². The van der Waals surface area contributed by atoms with Crippen molar-refractivity contribution in [1.29, 1.82) is 0 Å². The molecule has 2 heterocycles. The number of aliphatic hydroxyl groups excluding tert-OH is 1. The van der Waals surface area contributed by atoms with Gasteiger partial charge in [-0.05, 0) is 19.8 Å². The number of rotatable bonds is 3. The van der Waals surface area contributed by atoms with Crippen molar-refractivity contribution in [1.82, 2.24) is 10.1 Å². The van der Waals surface area contributed by atoms with E-state index in [-0.39, 0.29) is 23.8 Å². The Labute approximate surface area is 113 Å². The van der Waals surface area contributed by atoms with Crippen molar-refractivity contribution in [3.05, 3.63) is 17.5 Å². The molecule has 0 radical (unpaired) electrons. The van der Waals surface area contributed by atoms with Crippen molar-refractivity contribution in [2.75, 3.05) is 13.1 Å². The Bertz CT molecular complexity index is 440. The van der Waals surface area contributed by atoms with Crippen molar-refractivity contribution in [3.8, 4) is 0 Å². The van der Waals surface area contributed by atoms with Crippen molar-refractivity contribution in [2.45, 2.75) is 45.6 Å². The summed E-state index contributed by atoms with van der Waals surface area (Å²) in [6, 6.07) is 1.72. The molecule has 19 heavy (non-hydrogen) atoms. The summed E-state index contributed by atoms with van der Waals surface area (Å²) in [5, 5.41) is 13.5. The van der Waals surface area contributed by atoms with Crippen LogP contribution in [-0.4, -0.2) is 40.3 Å². The Morgan fingerprint density at radius 1 is 1.53 bits per heavy atom. The van der Waals surface area contributed by atoms with E-state index in [1.165, 1.54) is 0 Å². The summed E-state index contributed by atoms with van der Waals surface area (Å²) in [6.07, 6.45) is 1.52. The van der Waals surface area contributed by atoms with Gasteiger partial charge in [0, 0.05) is 31.0 Å². The van der Waals surface area contributed by atoms with E-state index in [0.717, 1.165) is 25.1 Å². The molecular formula is C14H22N2O3. The lowest BCUT2D eigenvalue weighted by Gasteiger charge is -2.33. The lowest BCUT2D eigenvalue weighted by molar-refractivity contribution is 0.0458. The summed E-state index contributed by atoms with van der Waals surface area (Å²) in [4.78, 5) is 14.1. The van der Waals surface area contributed by atoms with Gasteiger partial charge in [-0.3, -0.25) is 4.79 Å². The molecule has 2 atom stereocenters. The Morgan fingerprint density at radius 2 is 2.26 bits per heavy atom. The number of piperidine rings is 1. The highest BCUT2D eigenvalue weighted by atomic mass is 16.5. The van der Waals surface area contributed by atoms with Crippen LogP contribution in [-0.2, 0) is 0 Å². The minimum absolute atomic E-state index is 0.0963. The monoisotopic (exact) mass is 266 g/mol. The average molecular weight is 266 g/mol. The standard InChI is InChI=1S/C14H22N2O3/c1-9(2)13-7-12(15-19-13)14(18)16-6-4-5-11(8-16)10(3)17/h7,9-11,17H,4-6,8H2,1-3H3. The molecule has 1 N–H and O–H groups in total. The molecule has 0 saturated carbocycles. The molecule has 1 aliphatic rings. The molecule has 0 bridgehead atoms. The molecule has 1 aromatic heterocycles. The third-order valence-electron chi connectivity index (χ3n) is 3.74. The summed E-state index contributed by atoms with van der Waals surface area (Å²) in [7, 11) is 0. The predicted octanol–water partition coefficient (Wildman–Crippen LogP) is 2.03. The minimum Gasteiger partial charge on any atom is -0.393 e. The molecule has 0 spiro atoms. The average Bonchev–Trinajstić information content (AvgIpc) is 2.87. The van der Waals surface area contributed by atoms with E-state index < -0.39 is 0 Å². The highest BCUT2D eigenvalue weighted by Crippen LogP contribution is 2.22. The van der Waals surface area contributed by atoms with Crippen LogP contribution in [0.3, 0.4) is 0 Å². The number of aliphatic hydroxyl groups is 1. The van der Waals surface area contributed by atoms with Gasteiger partial charge in [0.1, 0.15) is 5.76 Å². The first-order valence-corrected chi connectivity index (χ1v) is 6.93. The first-order valence-electron chi connectivity index (χ1n) is 6.93. The van der Waals surface area contributed by atoms with E-state index in [1.807, 2.05) is 13.8 Å². The second-order valence-electron chi connectivity index (χ2n) is 5.66. The molecule has 1 fully saturated rings. The van der Waals surface area contributed by atoms with Crippen LogP contribution in [0.4, 0.5) is 0 Å². The number of hydrogen-bond donors (Lipinski definition) is 1. The van der Waals surface area contributed by atoms with Crippen LogP contribution in [0.25, 0.3) is 0 Å². The van der Waals surface area contributed by atoms with Crippen molar-refractivity contribution in [3.63, 3.8) is 0 Å². The molecule has 0 aliphatic carbocycles. The zero-order valence-electron chi connectivity index (χ0n) is 11.8. The topological polar surface area (TPSA) is 66.6 Å². The van der Waals surface area contributed by atoms with Gasteiger partial charge in [0.2, 0.25) is 0 Å². The molecule has 1 aromatic rings. The van der Waals surface area contributed by atoms with Crippen LogP contribution in [0.2, 0.25) is 0 Å². The molecule has 0 aromatic carbocycles. The molecule has 1 amide bonds. The number of nitrogens with zero attached hydrogens (tertiary/aromatic N) is 2. The van der Waals surface area contributed by atoms with Gasteiger partial charge in [0.15, 0.2) is 5.69 Å². The summed E-state index contributed by atoms with van der Waals surface area (Å²) in [5.41, 5.74) is 0.370. The minimum atomic E-state index is -0.376. The molecule has 5 nitrogen and oxygen atoms in total. The molecule has 2 rings (SSSR count). The molecule has 1 aliphatic heterocycles. The normalized spacial score (nSPS) is 21.7. The maximum atomic E-state index is 12.3. The summed E-state index contributed by atoms with van der Waals surface area (Å²) >= 11 is 0. The third-order valence-corrected chi connectivity index (χ3v) is 3.74. The van der Waals surface area contributed by atoms with Gasteiger partial charge >= 0.3 is 0 Å². The van der Waals surface area contributed by atoms with Crippen LogP contribution >= 0.6 is 0 Å². The number of carbonyl (C=O) groups is 1. The first-order chi connectivity index (χ1) is 8.99. The number of amides is 1. The number of hydrogen-bond acceptors (Lipinski definition) is 4. The van der Waals surface area contributed by atoms with Crippen LogP contribution in [0.15, 0.2) is 10.6 Å². The van der Waals surface area contributed by atoms with E-state index in [4.69, 9.17) is 4.52 Å². The Morgan fingerprint density at radius 3 is 2.84 bits per heavy atom. The number of carbonyl (C=O) groups excluding carboxylic acids is 1. The smallest absolute Gasteiger partial charge is 0.276 e. The molecule has 2 unspecified atom stereocenters. The number of likely N-dealkylation sites (tertiary alicyclic amines) is 1. The second-order valence-corrected chi connectivity index (χ2v) is 5.66. The largest absolute Gasteiger partial charge is 0.393 e. The van der Waals surface area contributed by atoms with Gasteiger partial charge in [0.05, 0.1) is 6.10 Å². The maximum Gasteiger partial charge on any atom is 0.276 e. The molecular weight excluding hydrogens is 244 g/mol. The van der Waals surface area contributed by atoms with Crippen molar-refractivity contribution >= 4 is 5.91 Å². The fraction of sp³-hybridized carbons (Fsp3) is 0.714. The Hall–Kier alpha value is -1.36. The lowest BCUT2D eigenvalue weighted by atomic mass is 9.93. The van der Waals surface area contributed by atoms with Gasteiger partial charge in [-0.1, -0.05) is 19.0 Å². The van der Waals surface area contributed by atoms with Crippen LogP contribution in [0.5, 0.6) is 0 Å². The Kier molecular flexibility index (Phi) is 4.24. The fourth-order valence-corrected chi connectivity index (χ4v) is 2.41. The van der Waals surface area contributed by atoms with E-state index in [0.29, 0.717) is 12.2 Å². The van der Waals surface area contributed by atoms with Gasteiger partial charge in [-0.25, -0.2) is 0 Å². The quantitative estimate of drug-likeness (QED) is 0.909. The highest BCUT2D eigenvalue weighted by molar-refractivity contribution is 5.92. The second kappa shape index (κ2) is 5.74. The fourth-order valence-electron chi connectivity index (χ4n) is 2.41. The lowest BCUT2D eigenvalue weighted by Crippen LogP contribution is -2.43. The van der Waals surface area contributed by atoms with Gasteiger partial charge in [0.25, 0.3) is 5.91 Å². The maximum absolute atomic E-state index is 12.3.